The number of nitrogens with one attached hydrogen (secondary N) is 1. The number of likely N-dealkylation sites (N-methyl/N-ethyl adjacent to an activating group) is 1. The summed E-state index contributed by atoms with van der Waals surface area (Å²) in [4.78, 5) is 27.7. The predicted octanol–water partition coefficient (Wildman–Crippen LogP) is 2.85. The van der Waals surface area contributed by atoms with Crippen molar-refractivity contribution in [3.05, 3.63) is 36.2 Å². The van der Waals surface area contributed by atoms with Crippen molar-refractivity contribution in [2.75, 3.05) is 35.8 Å². The molecule has 3 aromatic heterocycles. The normalized spacial score (nSPS) is 12.7. The maximum Gasteiger partial charge on any atom is 0.411 e. The van der Waals surface area contributed by atoms with Crippen LogP contribution in [0.1, 0.15) is 5.56 Å². The summed E-state index contributed by atoms with van der Waals surface area (Å²) in [5, 5.41) is 12.8. The van der Waals surface area contributed by atoms with Crippen LogP contribution in [0.5, 0.6) is 0 Å². The van der Waals surface area contributed by atoms with Crippen molar-refractivity contribution >= 4 is 39.9 Å². The monoisotopic (exact) mass is 383 g/mol. The number of fused-ring (bicyclic) bond motifs is 1. The van der Waals surface area contributed by atoms with Crippen LogP contribution < -0.4 is 15.1 Å². The number of aromatic nitrogens is 4. The van der Waals surface area contributed by atoms with Crippen molar-refractivity contribution in [1.82, 2.24) is 19.3 Å². The van der Waals surface area contributed by atoms with Crippen molar-refractivity contribution in [2.24, 2.45) is 0 Å². The van der Waals surface area contributed by atoms with E-state index in [1.54, 1.807) is 18.3 Å². The van der Waals surface area contributed by atoms with E-state index in [1.165, 1.54) is 24.1 Å². The zero-order valence-corrected chi connectivity index (χ0v) is 15.6. The Morgan fingerprint density at radius 2 is 2.26 bits per heavy atom. The third-order valence-electron chi connectivity index (χ3n) is 4.41. The summed E-state index contributed by atoms with van der Waals surface area (Å²) in [6, 6.07) is 5.37. The topological polar surface area (TPSA) is 107 Å². The Labute approximate surface area is 159 Å². The minimum absolute atomic E-state index is 0.397. The molecule has 0 unspecified atom stereocenters. The Morgan fingerprint density at radius 3 is 3.07 bits per heavy atom. The summed E-state index contributed by atoms with van der Waals surface area (Å²) in [6.45, 7) is 0.983. The molecule has 0 saturated carbocycles. The molecule has 1 amide bonds. The van der Waals surface area contributed by atoms with Gasteiger partial charge < -0.3 is 15.3 Å². The van der Waals surface area contributed by atoms with Gasteiger partial charge in [-0.15, -0.1) is 0 Å². The highest BCUT2D eigenvalue weighted by atomic mass is 32.1. The van der Waals surface area contributed by atoms with Crippen LogP contribution in [0.25, 0.3) is 11.5 Å². The van der Waals surface area contributed by atoms with Gasteiger partial charge in [0.15, 0.2) is 11.6 Å². The second-order valence-electron chi connectivity index (χ2n) is 6.13. The molecule has 0 aliphatic carbocycles. The average Bonchev–Trinajstić information content (AvgIpc) is 3.28. The van der Waals surface area contributed by atoms with Crippen molar-refractivity contribution < 1.29 is 9.90 Å². The molecule has 1 aliphatic rings. The van der Waals surface area contributed by atoms with Gasteiger partial charge in [0.1, 0.15) is 5.69 Å². The molecular weight excluding hydrogens is 366 g/mol. The van der Waals surface area contributed by atoms with Gasteiger partial charge in [-0.25, -0.2) is 9.78 Å². The van der Waals surface area contributed by atoms with E-state index in [2.05, 4.69) is 36.6 Å². The minimum atomic E-state index is -1.07. The molecule has 0 radical (unpaired) electrons. The van der Waals surface area contributed by atoms with Crippen LogP contribution >= 0.6 is 11.5 Å². The standard InChI is InChI=1S/C17H17N7O2S/c1-23-7-5-10-8-11(19-9-13(10)23)14-20-16(27-22-14)21-15-12(4-3-6-18-15)24(2)17(25)26/h3-4,6,8-9H,5,7H2,1-2H3,(H,25,26)(H,18,20,21,22). The molecule has 0 saturated heterocycles. The van der Waals surface area contributed by atoms with Gasteiger partial charge in [0.05, 0.1) is 17.6 Å². The maximum absolute atomic E-state index is 11.2. The van der Waals surface area contributed by atoms with E-state index in [1.807, 2.05) is 12.3 Å². The SMILES string of the molecule is CN1CCc2cc(-c3nsc(Nc4ncccc4N(C)C(=O)O)n3)ncc21. The van der Waals surface area contributed by atoms with Gasteiger partial charge in [-0.1, -0.05) is 0 Å². The Morgan fingerprint density at radius 1 is 1.41 bits per heavy atom. The highest BCUT2D eigenvalue weighted by Crippen LogP contribution is 2.31. The number of nitrogens with zero attached hydrogens (tertiary/aromatic N) is 6. The van der Waals surface area contributed by atoms with E-state index < -0.39 is 6.09 Å². The number of pyridine rings is 2. The van der Waals surface area contributed by atoms with E-state index in [9.17, 15) is 9.90 Å². The van der Waals surface area contributed by atoms with Gasteiger partial charge in [-0.2, -0.15) is 9.36 Å². The molecule has 0 bridgehead atoms. The minimum Gasteiger partial charge on any atom is -0.465 e. The average molecular weight is 383 g/mol. The molecule has 4 heterocycles. The summed E-state index contributed by atoms with van der Waals surface area (Å²) < 4.78 is 4.37. The van der Waals surface area contributed by atoms with Crippen LogP contribution in [-0.2, 0) is 6.42 Å². The second-order valence-corrected chi connectivity index (χ2v) is 6.88. The molecule has 0 atom stereocenters. The van der Waals surface area contributed by atoms with Gasteiger partial charge >= 0.3 is 6.09 Å². The molecule has 0 fully saturated rings. The molecule has 0 aromatic carbocycles. The second kappa shape index (κ2) is 6.80. The van der Waals surface area contributed by atoms with Crippen LogP contribution in [0.15, 0.2) is 30.6 Å². The summed E-state index contributed by atoms with van der Waals surface area (Å²) in [7, 11) is 3.51. The number of amides is 1. The highest BCUT2D eigenvalue weighted by molar-refractivity contribution is 7.09. The summed E-state index contributed by atoms with van der Waals surface area (Å²) >= 11 is 1.17. The fourth-order valence-corrected chi connectivity index (χ4v) is 3.49. The number of anilines is 4. The Hall–Kier alpha value is -3.27. The van der Waals surface area contributed by atoms with Crippen molar-refractivity contribution in [3.8, 4) is 11.5 Å². The lowest BCUT2D eigenvalue weighted by atomic mass is 10.2. The third-order valence-corrected chi connectivity index (χ3v) is 5.04. The first-order valence-corrected chi connectivity index (χ1v) is 9.03. The van der Waals surface area contributed by atoms with Gasteiger partial charge in [-0.3, -0.25) is 9.88 Å². The van der Waals surface area contributed by atoms with Crippen molar-refractivity contribution in [2.45, 2.75) is 6.42 Å². The lowest BCUT2D eigenvalue weighted by Gasteiger charge is -2.16. The fraction of sp³-hybridized carbons (Fsp3) is 0.235. The Balaban J connectivity index is 1.59. The Bertz CT molecular complexity index is 1010. The van der Waals surface area contributed by atoms with Gasteiger partial charge in [0.25, 0.3) is 0 Å². The van der Waals surface area contributed by atoms with Gasteiger partial charge in [-0.05, 0) is 30.2 Å². The van der Waals surface area contributed by atoms with Crippen LogP contribution in [0, 0.1) is 0 Å². The molecule has 27 heavy (non-hydrogen) atoms. The van der Waals surface area contributed by atoms with E-state index in [4.69, 9.17) is 0 Å². The number of rotatable bonds is 4. The van der Waals surface area contributed by atoms with Crippen LogP contribution in [0.4, 0.5) is 27.1 Å². The van der Waals surface area contributed by atoms with Gasteiger partial charge in [0.2, 0.25) is 5.13 Å². The van der Waals surface area contributed by atoms with Crippen molar-refractivity contribution in [3.63, 3.8) is 0 Å². The summed E-state index contributed by atoms with van der Waals surface area (Å²) in [6.07, 6.45) is 3.35. The van der Waals surface area contributed by atoms with Crippen LogP contribution in [0.2, 0.25) is 0 Å². The van der Waals surface area contributed by atoms with E-state index in [0.29, 0.717) is 22.5 Å². The smallest absolute Gasteiger partial charge is 0.411 e. The quantitative estimate of drug-likeness (QED) is 0.708. The van der Waals surface area contributed by atoms with Crippen LogP contribution in [-0.4, -0.2) is 51.2 Å². The highest BCUT2D eigenvalue weighted by Gasteiger charge is 2.19. The summed E-state index contributed by atoms with van der Waals surface area (Å²) in [5.74, 6) is 0.928. The molecule has 1 aliphatic heterocycles. The molecule has 10 heteroatoms. The summed E-state index contributed by atoms with van der Waals surface area (Å²) in [5.41, 5.74) is 3.53. The van der Waals surface area contributed by atoms with E-state index in [0.717, 1.165) is 29.2 Å². The molecule has 0 spiro atoms. The number of carbonyl (C=O) groups is 1. The Kier molecular flexibility index (Phi) is 4.32. The lowest BCUT2D eigenvalue weighted by molar-refractivity contribution is 0.203. The first kappa shape index (κ1) is 17.2. The molecule has 2 N–H and O–H groups in total. The van der Waals surface area contributed by atoms with Gasteiger partial charge in [0, 0.05) is 38.4 Å². The van der Waals surface area contributed by atoms with Crippen molar-refractivity contribution in [1.29, 1.82) is 0 Å². The maximum atomic E-state index is 11.2. The first-order chi connectivity index (χ1) is 13.0. The zero-order chi connectivity index (χ0) is 19.0. The first-order valence-electron chi connectivity index (χ1n) is 8.26. The fourth-order valence-electron chi connectivity index (χ4n) is 2.91. The van der Waals surface area contributed by atoms with E-state index in [-0.39, 0.29) is 0 Å². The van der Waals surface area contributed by atoms with E-state index >= 15 is 0 Å². The number of carboxylic acid groups (broad SMARTS) is 1. The number of hydrogen-bond donors (Lipinski definition) is 2. The molecule has 4 rings (SSSR count). The lowest BCUT2D eigenvalue weighted by Crippen LogP contribution is -2.24. The number of hydrogen-bond acceptors (Lipinski definition) is 8. The predicted molar refractivity (Wildman–Crippen MR) is 104 cm³/mol. The molecule has 138 valence electrons. The molecule has 9 nitrogen and oxygen atoms in total. The third kappa shape index (κ3) is 3.26. The zero-order valence-electron chi connectivity index (χ0n) is 14.7. The van der Waals surface area contributed by atoms with Crippen LogP contribution in [0.3, 0.4) is 0 Å². The molecular formula is C17H17N7O2S. The molecule has 3 aromatic rings. The largest absolute Gasteiger partial charge is 0.465 e.